The van der Waals surface area contributed by atoms with E-state index in [4.69, 9.17) is 21.1 Å². The van der Waals surface area contributed by atoms with Gasteiger partial charge in [-0.1, -0.05) is 0 Å². The molecule has 0 aromatic rings. The average Bonchev–Trinajstić information content (AvgIpc) is 2.16. The van der Waals surface area contributed by atoms with Gasteiger partial charge < -0.3 is 14.6 Å². The second-order valence-electron chi connectivity index (χ2n) is 3.45. The minimum Gasteiger partial charge on any atom is -0.373 e. The monoisotopic (exact) mass is 208 g/mol. The average molecular weight is 209 g/mol. The van der Waals surface area contributed by atoms with E-state index in [-0.39, 0.29) is 6.10 Å². The van der Waals surface area contributed by atoms with E-state index in [1.807, 2.05) is 0 Å². The zero-order chi connectivity index (χ0) is 9.73. The lowest BCUT2D eigenvalue weighted by atomic mass is 10.0. The number of alkyl halides is 1. The molecule has 0 aliphatic carbocycles. The number of hydrogen-bond donors (Lipinski definition) is 1. The van der Waals surface area contributed by atoms with E-state index in [2.05, 4.69) is 0 Å². The van der Waals surface area contributed by atoms with Crippen LogP contribution in [0.4, 0.5) is 0 Å². The molecule has 3 nitrogen and oxygen atoms in total. The highest BCUT2D eigenvalue weighted by Crippen LogP contribution is 2.24. The Balaban J connectivity index is 2.36. The summed E-state index contributed by atoms with van der Waals surface area (Å²) in [5.74, 6) is -0.793. The summed E-state index contributed by atoms with van der Waals surface area (Å²) in [5, 5.41) is 9.86. The Kier molecular flexibility index (Phi) is 4.46. The van der Waals surface area contributed by atoms with E-state index in [0.29, 0.717) is 19.1 Å². The predicted molar refractivity (Wildman–Crippen MR) is 50.9 cm³/mol. The van der Waals surface area contributed by atoms with Gasteiger partial charge in [-0.2, -0.15) is 0 Å². The molecule has 0 radical (unpaired) electrons. The smallest absolute Gasteiger partial charge is 0.189 e. The summed E-state index contributed by atoms with van der Waals surface area (Å²) in [7, 11) is 0. The van der Waals surface area contributed by atoms with Gasteiger partial charge in [0.15, 0.2) is 5.79 Å². The van der Waals surface area contributed by atoms with Crippen LogP contribution >= 0.6 is 11.6 Å². The second kappa shape index (κ2) is 5.15. The lowest BCUT2D eigenvalue weighted by Gasteiger charge is -2.34. The molecule has 13 heavy (non-hydrogen) atoms. The van der Waals surface area contributed by atoms with Gasteiger partial charge in [-0.3, -0.25) is 0 Å². The quantitative estimate of drug-likeness (QED) is 0.563. The van der Waals surface area contributed by atoms with Crippen molar-refractivity contribution in [2.45, 2.75) is 38.1 Å². The van der Waals surface area contributed by atoms with Crippen molar-refractivity contribution >= 4 is 11.6 Å². The van der Waals surface area contributed by atoms with Crippen LogP contribution in [-0.2, 0) is 9.47 Å². The first kappa shape index (κ1) is 11.2. The van der Waals surface area contributed by atoms with Gasteiger partial charge in [-0.25, -0.2) is 0 Å². The van der Waals surface area contributed by atoms with Gasteiger partial charge >= 0.3 is 0 Å². The maximum absolute atomic E-state index is 9.86. The molecule has 0 bridgehead atoms. The van der Waals surface area contributed by atoms with Crippen molar-refractivity contribution in [2.75, 3.05) is 19.1 Å². The van der Waals surface area contributed by atoms with Gasteiger partial charge in [0.1, 0.15) is 6.10 Å². The molecule has 0 amide bonds. The predicted octanol–water partition coefficient (Wildman–Crippen LogP) is 1.52. The molecule has 0 saturated carbocycles. The summed E-state index contributed by atoms with van der Waals surface area (Å²) in [6.07, 6.45) is 2.81. The lowest BCUT2D eigenvalue weighted by Crippen LogP contribution is -2.45. The fourth-order valence-electron chi connectivity index (χ4n) is 1.50. The number of rotatable bonds is 4. The Morgan fingerprint density at radius 2 is 2.38 bits per heavy atom. The molecular weight excluding hydrogens is 192 g/mol. The van der Waals surface area contributed by atoms with Gasteiger partial charge in [0.05, 0.1) is 6.61 Å². The molecule has 0 spiro atoms. The third-order valence-electron chi connectivity index (χ3n) is 2.25. The van der Waals surface area contributed by atoms with Crippen molar-refractivity contribution in [3.05, 3.63) is 0 Å². The summed E-state index contributed by atoms with van der Waals surface area (Å²) in [4.78, 5) is 0. The van der Waals surface area contributed by atoms with Crippen LogP contribution in [0.2, 0.25) is 0 Å². The molecule has 1 aliphatic rings. The molecule has 1 N–H and O–H groups in total. The number of aliphatic hydroxyl groups is 1. The normalized spacial score (nSPS) is 28.4. The molecule has 1 rings (SSSR count). The third kappa shape index (κ3) is 3.43. The van der Waals surface area contributed by atoms with Crippen LogP contribution in [0, 0.1) is 0 Å². The largest absolute Gasteiger partial charge is 0.373 e. The van der Waals surface area contributed by atoms with E-state index < -0.39 is 5.79 Å². The molecule has 2 atom stereocenters. The van der Waals surface area contributed by atoms with E-state index in [0.717, 1.165) is 19.3 Å². The Morgan fingerprint density at radius 1 is 1.62 bits per heavy atom. The van der Waals surface area contributed by atoms with Crippen LogP contribution in [0.3, 0.4) is 0 Å². The lowest BCUT2D eigenvalue weighted by molar-refractivity contribution is -0.260. The van der Waals surface area contributed by atoms with E-state index in [1.54, 1.807) is 6.92 Å². The minimum absolute atomic E-state index is 0.204. The van der Waals surface area contributed by atoms with E-state index in [9.17, 15) is 5.11 Å². The Bertz CT molecular complexity index is 144. The van der Waals surface area contributed by atoms with Crippen molar-refractivity contribution in [1.29, 1.82) is 0 Å². The van der Waals surface area contributed by atoms with Gasteiger partial charge in [0.2, 0.25) is 0 Å². The van der Waals surface area contributed by atoms with Crippen molar-refractivity contribution in [1.82, 2.24) is 0 Å². The van der Waals surface area contributed by atoms with Crippen LogP contribution in [0.25, 0.3) is 0 Å². The highest BCUT2D eigenvalue weighted by atomic mass is 35.5. The maximum atomic E-state index is 9.86. The number of halogens is 1. The molecular formula is C9H17ClO3. The van der Waals surface area contributed by atoms with E-state index >= 15 is 0 Å². The summed E-state index contributed by atoms with van der Waals surface area (Å²) >= 11 is 5.47. The summed E-state index contributed by atoms with van der Waals surface area (Å²) in [6, 6.07) is 0. The van der Waals surface area contributed by atoms with Gasteiger partial charge in [0, 0.05) is 12.5 Å². The van der Waals surface area contributed by atoms with Crippen LogP contribution in [-0.4, -0.2) is 36.1 Å². The first-order valence-electron chi connectivity index (χ1n) is 4.70. The fraction of sp³-hybridized carbons (Fsp3) is 1.00. The van der Waals surface area contributed by atoms with Crippen LogP contribution < -0.4 is 0 Å². The number of ether oxygens (including phenoxy) is 2. The van der Waals surface area contributed by atoms with Crippen LogP contribution in [0.5, 0.6) is 0 Å². The van der Waals surface area contributed by atoms with Gasteiger partial charge in [-0.05, 0) is 26.2 Å². The molecule has 0 aromatic heterocycles. The molecule has 1 aliphatic heterocycles. The van der Waals surface area contributed by atoms with Crippen LogP contribution in [0.1, 0.15) is 26.2 Å². The first-order chi connectivity index (χ1) is 6.17. The van der Waals surface area contributed by atoms with Crippen molar-refractivity contribution in [3.63, 3.8) is 0 Å². The summed E-state index contributed by atoms with van der Waals surface area (Å²) < 4.78 is 10.6. The maximum Gasteiger partial charge on any atom is 0.189 e. The zero-order valence-electron chi connectivity index (χ0n) is 7.96. The van der Waals surface area contributed by atoms with E-state index in [1.165, 1.54) is 0 Å². The highest BCUT2D eigenvalue weighted by molar-refractivity contribution is 6.17. The number of hydrogen-bond acceptors (Lipinski definition) is 3. The highest BCUT2D eigenvalue weighted by Gasteiger charge is 2.34. The fourth-order valence-corrected chi connectivity index (χ4v) is 1.58. The summed E-state index contributed by atoms with van der Waals surface area (Å²) in [6.45, 7) is 2.70. The molecule has 4 heteroatoms. The third-order valence-corrected chi connectivity index (χ3v) is 2.40. The topological polar surface area (TPSA) is 38.7 Å². The standard InChI is InChI=1S/C9H17ClO3/c1-9(11,13-7-5-10)8-4-2-3-6-12-8/h8,11H,2-7H2,1H3. The second-order valence-corrected chi connectivity index (χ2v) is 3.83. The Hall–Kier alpha value is 0.170. The van der Waals surface area contributed by atoms with Crippen molar-refractivity contribution < 1.29 is 14.6 Å². The Labute approximate surface area is 84.0 Å². The molecule has 1 fully saturated rings. The summed E-state index contributed by atoms with van der Waals surface area (Å²) in [5.41, 5.74) is 0. The zero-order valence-corrected chi connectivity index (χ0v) is 8.72. The van der Waals surface area contributed by atoms with Gasteiger partial charge in [0.25, 0.3) is 0 Å². The van der Waals surface area contributed by atoms with Gasteiger partial charge in [-0.15, -0.1) is 11.6 Å². The molecule has 2 unspecified atom stereocenters. The Morgan fingerprint density at radius 3 is 2.92 bits per heavy atom. The minimum atomic E-state index is -1.19. The van der Waals surface area contributed by atoms with Crippen LogP contribution in [0.15, 0.2) is 0 Å². The molecule has 1 heterocycles. The van der Waals surface area contributed by atoms with Crippen molar-refractivity contribution in [3.8, 4) is 0 Å². The molecule has 0 aromatic carbocycles. The molecule has 78 valence electrons. The SMILES string of the molecule is CC(O)(OCCCl)C1CCCCO1. The molecule has 1 saturated heterocycles. The van der Waals surface area contributed by atoms with Crippen molar-refractivity contribution in [2.24, 2.45) is 0 Å². The first-order valence-corrected chi connectivity index (χ1v) is 5.24.